The van der Waals surface area contributed by atoms with Crippen molar-refractivity contribution in [2.24, 2.45) is 0 Å². The summed E-state index contributed by atoms with van der Waals surface area (Å²) in [5.74, 6) is 0. The normalized spacial score (nSPS) is 12.6. The summed E-state index contributed by atoms with van der Waals surface area (Å²) in [6, 6.07) is 10.3. The second-order valence-corrected chi connectivity index (χ2v) is 6.35. The van der Waals surface area contributed by atoms with E-state index in [0.29, 0.717) is 6.04 Å². The Labute approximate surface area is 128 Å². The van der Waals surface area contributed by atoms with Crippen LogP contribution in [0, 0.1) is 0 Å². The van der Waals surface area contributed by atoms with Crippen molar-refractivity contribution >= 4 is 34.5 Å². The van der Waals surface area contributed by atoms with Crippen LogP contribution < -0.4 is 5.32 Å². The first-order chi connectivity index (χ1) is 9.19. The lowest BCUT2D eigenvalue weighted by Crippen LogP contribution is -2.32. The van der Waals surface area contributed by atoms with Gasteiger partial charge < -0.3 is 5.32 Å². The highest BCUT2D eigenvalue weighted by Crippen LogP contribution is 2.23. The van der Waals surface area contributed by atoms with Crippen LogP contribution in [0.15, 0.2) is 35.7 Å². The van der Waals surface area contributed by atoms with E-state index in [9.17, 15) is 0 Å². The molecule has 0 aliphatic carbocycles. The fourth-order valence-corrected chi connectivity index (χ4v) is 3.32. The molecule has 0 radical (unpaired) electrons. The molecule has 1 heterocycles. The van der Waals surface area contributed by atoms with Crippen molar-refractivity contribution in [3.05, 3.63) is 56.2 Å². The topological polar surface area (TPSA) is 12.0 Å². The molecule has 1 unspecified atom stereocenters. The first-order valence-corrected chi connectivity index (χ1v) is 8.02. The lowest BCUT2D eigenvalue weighted by Gasteiger charge is -2.18. The van der Waals surface area contributed by atoms with Gasteiger partial charge in [-0.3, -0.25) is 0 Å². The average Bonchev–Trinajstić information content (AvgIpc) is 2.87. The molecular weight excluding hydrogens is 297 g/mol. The molecule has 4 heteroatoms. The van der Waals surface area contributed by atoms with Crippen molar-refractivity contribution in [2.45, 2.75) is 25.8 Å². The molecule has 102 valence electrons. The van der Waals surface area contributed by atoms with Gasteiger partial charge in [0.2, 0.25) is 0 Å². The summed E-state index contributed by atoms with van der Waals surface area (Å²) < 4.78 is 0. The van der Waals surface area contributed by atoms with Crippen LogP contribution >= 0.6 is 34.5 Å². The Morgan fingerprint density at radius 3 is 2.74 bits per heavy atom. The summed E-state index contributed by atoms with van der Waals surface area (Å²) in [7, 11) is 0. The van der Waals surface area contributed by atoms with E-state index in [-0.39, 0.29) is 0 Å². The lowest BCUT2D eigenvalue weighted by atomic mass is 10.0. The van der Waals surface area contributed by atoms with Gasteiger partial charge in [0.25, 0.3) is 0 Å². The van der Waals surface area contributed by atoms with E-state index in [1.54, 1.807) is 11.3 Å². The maximum absolute atomic E-state index is 6.24. The standard InChI is InChI=1S/C15H17Cl2NS/c1-2-18-13(10-14-4-3-7-19-14)9-11-8-12(16)5-6-15(11)17/h3-8,13,18H,2,9-10H2,1H3. The summed E-state index contributed by atoms with van der Waals surface area (Å²) in [4.78, 5) is 1.39. The van der Waals surface area contributed by atoms with Crippen LogP contribution in [-0.2, 0) is 12.8 Å². The SMILES string of the molecule is CCNC(Cc1cccs1)Cc1cc(Cl)ccc1Cl. The van der Waals surface area contributed by atoms with Crippen molar-refractivity contribution in [1.82, 2.24) is 5.32 Å². The highest BCUT2D eigenvalue weighted by atomic mass is 35.5. The van der Waals surface area contributed by atoms with Crippen LogP contribution in [0.1, 0.15) is 17.4 Å². The number of thiophene rings is 1. The van der Waals surface area contributed by atoms with Crippen molar-refractivity contribution < 1.29 is 0 Å². The van der Waals surface area contributed by atoms with Crippen LogP contribution in [0.25, 0.3) is 0 Å². The molecule has 0 amide bonds. The van der Waals surface area contributed by atoms with Crippen molar-refractivity contribution in [3.8, 4) is 0 Å². The maximum atomic E-state index is 6.24. The van der Waals surface area contributed by atoms with Gasteiger partial charge in [-0.15, -0.1) is 11.3 Å². The fourth-order valence-electron chi connectivity index (χ4n) is 2.14. The van der Waals surface area contributed by atoms with Crippen LogP contribution in [0.4, 0.5) is 0 Å². The third-order valence-corrected chi connectivity index (χ3v) is 4.50. The molecule has 0 aliphatic heterocycles. The van der Waals surface area contributed by atoms with E-state index in [0.717, 1.165) is 35.0 Å². The quantitative estimate of drug-likeness (QED) is 0.806. The second kappa shape index (κ2) is 7.30. The number of benzene rings is 1. The summed E-state index contributed by atoms with van der Waals surface area (Å²) in [5.41, 5.74) is 1.11. The van der Waals surface area contributed by atoms with E-state index in [1.807, 2.05) is 18.2 Å². The molecule has 1 N–H and O–H groups in total. The van der Waals surface area contributed by atoms with Crippen molar-refractivity contribution in [3.63, 3.8) is 0 Å². The van der Waals surface area contributed by atoms with Gasteiger partial charge in [0, 0.05) is 21.0 Å². The molecule has 19 heavy (non-hydrogen) atoms. The van der Waals surface area contributed by atoms with E-state index in [4.69, 9.17) is 23.2 Å². The molecule has 1 aromatic heterocycles. The van der Waals surface area contributed by atoms with Gasteiger partial charge in [0.05, 0.1) is 0 Å². The highest BCUT2D eigenvalue weighted by molar-refractivity contribution is 7.09. The molecule has 1 aromatic carbocycles. The number of hydrogen-bond donors (Lipinski definition) is 1. The third kappa shape index (κ3) is 4.50. The highest BCUT2D eigenvalue weighted by Gasteiger charge is 2.12. The number of likely N-dealkylation sites (N-methyl/N-ethyl adjacent to an activating group) is 1. The minimum absolute atomic E-state index is 0.389. The lowest BCUT2D eigenvalue weighted by molar-refractivity contribution is 0.524. The van der Waals surface area contributed by atoms with Gasteiger partial charge in [-0.05, 0) is 54.6 Å². The van der Waals surface area contributed by atoms with Gasteiger partial charge in [0.15, 0.2) is 0 Å². The molecule has 0 fully saturated rings. The zero-order chi connectivity index (χ0) is 13.7. The zero-order valence-electron chi connectivity index (χ0n) is 10.8. The van der Waals surface area contributed by atoms with E-state index < -0.39 is 0 Å². The minimum Gasteiger partial charge on any atom is -0.314 e. The Balaban J connectivity index is 2.09. The van der Waals surface area contributed by atoms with Gasteiger partial charge in [-0.25, -0.2) is 0 Å². The molecule has 0 bridgehead atoms. The van der Waals surface area contributed by atoms with Crippen LogP contribution in [0.2, 0.25) is 10.0 Å². The van der Waals surface area contributed by atoms with Gasteiger partial charge >= 0.3 is 0 Å². The number of hydrogen-bond acceptors (Lipinski definition) is 2. The Morgan fingerprint density at radius 1 is 1.21 bits per heavy atom. The smallest absolute Gasteiger partial charge is 0.0439 e. The Kier molecular flexibility index (Phi) is 5.71. The van der Waals surface area contributed by atoms with Gasteiger partial charge in [0.1, 0.15) is 0 Å². The number of halogens is 2. The molecule has 1 atom stereocenters. The molecular formula is C15H17Cl2NS. The van der Waals surface area contributed by atoms with Crippen molar-refractivity contribution in [1.29, 1.82) is 0 Å². The molecule has 0 saturated carbocycles. The Bertz CT molecular complexity index is 511. The summed E-state index contributed by atoms with van der Waals surface area (Å²) in [5, 5.41) is 7.17. The van der Waals surface area contributed by atoms with Gasteiger partial charge in [-0.1, -0.05) is 36.2 Å². The molecule has 0 saturated heterocycles. The maximum Gasteiger partial charge on any atom is 0.0439 e. The minimum atomic E-state index is 0.389. The van der Waals surface area contributed by atoms with E-state index >= 15 is 0 Å². The third-order valence-electron chi connectivity index (χ3n) is 2.99. The largest absolute Gasteiger partial charge is 0.314 e. The zero-order valence-corrected chi connectivity index (χ0v) is 13.2. The predicted octanol–water partition coefficient (Wildman–Crippen LogP) is 4.82. The van der Waals surface area contributed by atoms with E-state index in [1.165, 1.54) is 4.88 Å². The molecule has 0 spiro atoms. The summed E-state index contributed by atoms with van der Waals surface area (Å²) in [6.07, 6.45) is 1.92. The number of rotatable bonds is 6. The van der Waals surface area contributed by atoms with Crippen LogP contribution in [0.3, 0.4) is 0 Å². The average molecular weight is 314 g/mol. The molecule has 2 aromatic rings. The summed E-state index contributed by atoms with van der Waals surface area (Å²) >= 11 is 14.1. The monoisotopic (exact) mass is 313 g/mol. The first-order valence-electron chi connectivity index (χ1n) is 6.38. The fraction of sp³-hybridized carbons (Fsp3) is 0.333. The number of nitrogens with one attached hydrogen (secondary N) is 1. The Morgan fingerprint density at radius 2 is 2.05 bits per heavy atom. The van der Waals surface area contributed by atoms with Crippen molar-refractivity contribution in [2.75, 3.05) is 6.54 Å². The predicted molar refractivity (Wildman–Crippen MR) is 85.7 cm³/mol. The second-order valence-electron chi connectivity index (χ2n) is 4.48. The van der Waals surface area contributed by atoms with E-state index in [2.05, 4.69) is 29.8 Å². The Hall–Kier alpha value is -0.540. The van der Waals surface area contributed by atoms with Crippen LogP contribution in [0.5, 0.6) is 0 Å². The molecule has 1 nitrogen and oxygen atoms in total. The van der Waals surface area contributed by atoms with Gasteiger partial charge in [-0.2, -0.15) is 0 Å². The molecule has 0 aliphatic rings. The summed E-state index contributed by atoms with van der Waals surface area (Å²) in [6.45, 7) is 3.08. The molecule has 2 rings (SSSR count). The first kappa shape index (κ1) is 14.9. The van der Waals surface area contributed by atoms with Crippen LogP contribution in [-0.4, -0.2) is 12.6 Å².